The highest BCUT2D eigenvalue weighted by Crippen LogP contribution is 2.44. The smallest absolute Gasteiger partial charge is 0.407 e. The summed E-state index contributed by atoms with van der Waals surface area (Å²) in [6.07, 6.45) is 1.23. The molecule has 1 aliphatic heterocycles. The van der Waals surface area contributed by atoms with Gasteiger partial charge in [-0.1, -0.05) is 61.4 Å². The van der Waals surface area contributed by atoms with Gasteiger partial charge < -0.3 is 25.2 Å². The van der Waals surface area contributed by atoms with E-state index < -0.39 is 36.2 Å². The summed E-state index contributed by atoms with van der Waals surface area (Å²) >= 11 is 0. The summed E-state index contributed by atoms with van der Waals surface area (Å²) in [5.41, 5.74) is 4.52. The largest absolute Gasteiger partial charge is 0.479 e. The highest BCUT2D eigenvalue weighted by Gasteiger charge is 2.38. The first-order valence-corrected chi connectivity index (χ1v) is 11.8. The number of alkyl carbamates (subject to hydrolysis) is 1. The molecule has 34 heavy (non-hydrogen) atoms. The number of ether oxygens (including phenoxy) is 2. The second-order valence-electron chi connectivity index (χ2n) is 9.23. The van der Waals surface area contributed by atoms with Gasteiger partial charge in [0.25, 0.3) is 0 Å². The van der Waals surface area contributed by atoms with Crippen molar-refractivity contribution in [2.45, 2.75) is 49.8 Å². The minimum Gasteiger partial charge on any atom is -0.479 e. The number of carboxylic acids is 1. The Balaban J connectivity index is 1.22. The molecule has 8 nitrogen and oxygen atoms in total. The molecule has 3 N–H and O–H groups in total. The lowest BCUT2D eigenvalue weighted by Crippen LogP contribution is -2.52. The number of nitrogens with one attached hydrogen (secondary N) is 2. The summed E-state index contributed by atoms with van der Waals surface area (Å²) in [6, 6.07) is 14.8. The van der Waals surface area contributed by atoms with E-state index in [0.717, 1.165) is 35.1 Å². The Morgan fingerprint density at radius 1 is 1.00 bits per heavy atom. The van der Waals surface area contributed by atoms with Crippen LogP contribution in [0, 0.1) is 5.92 Å². The molecular weight excluding hydrogens is 436 g/mol. The van der Waals surface area contributed by atoms with E-state index in [1.807, 2.05) is 36.4 Å². The fraction of sp³-hybridized carbons (Fsp3) is 0.423. The fourth-order valence-electron chi connectivity index (χ4n) is 4.96. The minimum atomic E-state index is -1.11. The van der Waals surface area contributed by atoms with Gasteiger partial charge in [-0.15, -0.1) is 0 Å². The lowest BCUT2D eigenvalue weighted by Gasteiger charge is -2.23. The van der Waals surface area contributed by atoms with Crippen molar-refractivity contribution in [2.24, 2.45) is 5.92 Å². The highest BCUT2D eigenvalue weighted by atomic mass is 16.5. The van der Waals surface area contributed by atoms with E-state index in [-0.39, 0.29) is 19.1 Å². The Labute approximate surface area is 197 Å². The van der Waals surface area contributed by atoms with E-state index >= 15 is 0 Å². The van der Waals surface area contributed by atoms with E-state index in [0.29, 0.717) is 18.8 Å². The molecule has 5 rings (SSSR count). The number of fused-ring (bicyclic) bond motifs is 3. The first-order valence-electron chi connectivity index (χ1n) is 11.8. The molecule has 3 aliphatic rings. The summed E-state index contributed by atoms with van der Waals surface area (Å²) in [4.78, 5) is 37.0. The predicted octanol–water partition coefficient (Wildman–Crippen LogP) is 3.05. The number of carbonyl (C=O) groups is 3. The Bertz CT molecular complexity index is 1050. The van der Waals surface area contributed by atoms with Gasteiger partial charge in [-0.2, -0.15) is 0 Å². The van der Waals surface area contributed by atoms with Gasteiger partial charge in [0.15, 0.2) is 6.10 Å². The van der Waals surface area contributed by atoms with Gasteiger partial charge in [-0.3, -0.25) is 4.79 Å². The first-order chi connectivity index (χ1) is 16.5. The van der Waals surface area contributed by atoms with E-state index in [4.69, 9.17) is 9.47 Å². The molecule has 2 aliphatic carbocycles. The third-order valence-electron chi connectivity index (χ3n) is 6.88. The minimum absolute atomic E-state index is 0.0687. The number of amides is 2. The van der Waals surface area contributed by atoms with Crippen LogP contribution in [0.25, 0.3) is 11.1 Å². The normalized spacial score (nSPS) is 21.9. The van der Waals surface area contributed by atoms with Gasteiger partial charge in [0.2, 0.25) is 5.91 Å². The average molecular weight is 465 g/mol. The van der Waals surface area contributed by atoms with Crippen LogP contribution in [0.2, 0.25) is 0 Å². The zero-order valence-electron chi connectivity index (χ0n) is 18.7. The molecule has 0 spiro atoms. The number of hydrogen-bond acceptors (Lipinski definition) is 5. The molecule has 1 heterocycles. The quantitative estimate of drug-likeness (QED) is 0.553. The van der Waals surface area contributed by atoms with Crippen molar-refractivity contribution in [3.8, 4) is 11.1 Å². The zero-order chi connectivity index (χ0) is 23.7. The average Bonchev–Trinajstić information content (AvgIpc) is 3.43. The molecule has 2 amide bonds. The van der Waals surface area contributed by atoms with Gasteiger partial charge in [0.1, 0.15) is 12.6 Å². The zero-order valence-corrected chi connectivity index (χ0v) is 18.7. The standard InChI is InChI=1S/C26H28N2O6/c29-24(27-21-11-12-33-23(21)25(30)31)22(13-15-9-10-15)28-26(32)34-14-20-18-7-3-1-5-16(18)17-6-2-4-8-19(17)20/h1-8,15,20-23H,9-14H2,(H,27,29)(H,28,32)(H,30,31). The van der Waals surface area contributed by atoms with Crippen LogP contribution in [0.4, 0.5) is 4.79 Å². The number of aliphatic carboxylic acids is 1. The van der Waals surface area contributed by atoms with Crippen LogP contribution in [-0.2, 0) is 19.1 Å². The summed E-state index contributed by atoms with van der Waals surface area (Å²) < 4.78 is 10.8. The van der Waals surface area contributed by atoms with Crippen molar-refractivity contribution in [1.29, 1.82) is 0 Å². The van der Waals surface area contributed by atoms with Crippen molar-refractivity contribution in [1.82, 2.24) is 10.6 Å². The third-order valence-corrected chi connectivity index (χ3v) is 6.88. The van der Waals surface area contributed by atoms with Crippen molar-refractivity contribution in [3.63, 3.8) is 0 Å². The molecule has 178 valence electrons. The molecule has 8 heteroatoms. The molecule has 3 atom stereocenters. The molecule has 0 radical (unpaired) electrons. The molecule has 3 unspecified atom stereocenters. The van der Waals surface area contributed by atoms with Crippen molar-refractivity contribution >= 4 is 18.0 Å². The van der Waals surface area contributed by atoms with E-state index in [1.165, 1.54) is 0 Å². The van der Waals surface area contributed by atoms with Gasteiger partial charge in [-0.25, -0.2) is 9.59 Å². The van der Waals surface area contributed by atoms with Crippen LogP contribution in [0.1, 0.15) is 42.7 Å². The number of benzene rings is 2. The number of carbonyl (C=O) groups excluding carboxylic acids is 2. The predicted molar refractivity (Wildman–Crippen MR) is 123 cm³/mol. The Morgan fingerprint density at radius 2 is 1.65 bits per heavy atom. The maximum Gasteiger partial charge on any atom is 0.407 e. The number of hydrogen-bond donors (Lipinski definition) is 3. The second-order valence-corrected chi connectivity index (χ2v) is 9.23. The van der Waals surface area contributed by atoms with Gasteiger partial charge in [-0.05, 0) is 41.0 Å². The summed E-state index contributed by atoms with van der Waals surface area (Å²) in [7, 11) is 0. The highest BCUT2D eigenvalue weighted by molar-refractivity contribution is 5.87. The van der Waals surface area contributed by atoms with Crippen LogP contribution < -0.4 is 10.6 Å². The Morgan fingerprint density at radius 3 is 2.26 bits per heavy atom. The molecule has 2 aromatic carbocycles. The Kier molecular flexibility index (Phi) is 6.24. The SMILES string of the molecule is O=C(NC(CC1CC1)C(=O)NC1CCOC1C(=O)O)OCC1c2ccccc2-c2ccccc21. The van der Waals surface area contributed by atoms with Crippen molar-refractivity contribution in [2.75, 3.05) is 13.2 Å². The maximum absolute atomic E-state index is 12.9. The van der Waals surface area contributed by atoms with Gasteiger partial charge >= 0.3 is 12.1 Å². The van der Waals surface area contributed by atoms with Crippen molar-refractivity contribution < 1.29 is 29.0 Å². The van der Waals surface area contributed by atoms with E-state index in [2.05, 4.69) is 22.8 Å². The van der Waals surface area contributed by atoms with E-state index in [1.54, 1.807) is 0 Å². The monoisotopic (exact) mass is 464 g/mol. The molecule has 2 fully saturated rings. The van der Waals surface area contributed by atoms with E-state index in [9.17, 15) is 19.5 Å². The molecule has 0 bridgehead atoms. The molecule has 1 saturated heterocycles. The van der Waals surface area contributed by atoms with Crippen LogP contribution in [-0.4, -0.2) is 54.5 Å². The topological polar surface area (TPSA) is 114 Å². The summed E-state index contributed by atoms with van der Waals surface area (Å²) in [5, 5.41) is 14.8. The summed E-state index contributed by atoms with van der Waals surface area (Å²) in [6.45, 7) is 0.435. The summed E-state index contributed by atoms with van der Waals surface area (Å²) in [5.74, 6) is -1.20. The molecular formula is C26H28N2O6. The van der Waals surface area contributed by atoms with Crippen LogP contribution in [0.15, 0.2) is 48.5 Å². The maximum atomic E-state index is 12.9. The van der Waals surface area contributed by atoms with Crippen LogP contribution in [0.3, 0.4) is 0 Å². The lowest BCUT2D eigenvalue weighted by atomic mass is 9.98. The van der Waals surface area contributed by atoms with Crippen molar-refractivity contribution in [3.05, 3.63) is 59.7 Å². The third kappa shape index (κ3) is 4.63. The molecule has 2 aromatic rings. The number of rotatable bonds is 8. The van der Waals surface area contributed by atoms with Gasteiger partial charge in [0.05, 0.1) is 6.04 Å². The fourth-order valence-corrected chi connectivity index (χ4v) is 4.96. The lowest BCUT2D eigenvalue weighted by molar-refractivity contribution is -0.148. The van der Waals surface area contributed by atoms with Crippen LogP contribution in [0.5, 0.6) is 0 Å². The van der Waals surface area contributed by atoms with Gasteiger partial charge in [0, 0.05) is 12.5 Å². The first kappa shape index (κ1) is 22.4. The van der Waals surface area contributed by atoms with Crippen LogP contribution >= 0.6 is 0 Å². The molecule has 1 saturated carbocycles. The second kappa shape index (κ2) is 9.46. The molecule has 0 aromatic heterocycles. The Hall–Kier alpha value is -3.39. The number of carboxylic acid groups (broad SMARTS) is 1.